The fourth-order valence-corrected chi connectivity index (χ4v) is 4.89. The van der Waals surface area contributed by atoms with E-state index in [2.05, 4.69) is 63.1 Å². The number of aryl methyl sites for hydroxylation is 1. The van der Waals surface area contributed by atoms with Crippen LogP contribution in [0.4, 0.5) is 0 Å². The molecule has 8 heteroatoms. The van der Waals surface area contributed by atoms with Gasteiger partial charge in [0.2, 0.25) is 0 Å². The number of hydrazine groups is 1. The Labute approximate surface area is 241 Å². The molecule has 1 aliphatic heterocycles. The van der Waals surface area contributed by atoms with Crippen LogP contribution in [0.25, 0.3) is 11.1 Å². The minimum atomic E-state index is -0.911. The fourth-order valence-electron chi connectivity index (χ4n) is 4.89. The van der Waals surface area contributed by atoms with Gasteiger partial charge >= 0.3 is 5.97 Å². The summed E-state index contributed by atoms with van der Waals surface area (Å²) in [5.41, 5.74) is 18.0. The van der Waals surface area contributed by atoms with Crippen molar-refractivity contribution in [2.45, 2.75) is 73.6 Å². The first-order valence-corrected chi connectivity index (χ1v) is 14.1. The Morgan fingerprint density at radius 1 is 1.02 bits per heavy atom. The number of nitrogens with two attached hydrogens (primary N) is 3. The number of rotatable bonds is 5. The van der Waals surface area contributed by atoms with E-state index in [1.807, 2.05) is 31.7 Å². The van der Waals surface area contributed by atoms with Crippen molar-refractivity contribution in [2.75, 3.05) is 20.1 Å². The quantitative estimate of drug-likeness (QED) is 0.190. The van der Waals surface area contributed by atoms with Crippen LogP contribution in [0.1, 0.15) is 88.2 Å². The molecule has 1 atom stereocenters. The van der Waals surface area contributed by atoms with E-state index in [4.69, 9.17) is 16.7 Å². The predicted molar refractivity (Wildman–Crippen MR) is 165 cm³/mol. The van der Waals surface area contributed by atoms with Gasteiger partial charge in [0.15, 0.2) is 0 Å². The van der Waals surface area contributed by atoms with Crippen molar-refractivity contribution in [2.24, 2.45) is 28.1 Å². The van der Waals surface area contributed by atoms with Crippen LogP contribution in [0.2, 0.25) is 0 Å². The second kappa shape index (κ2) is 15.4. The van der Waals surface area contributed by atoms with Crippen LogP contribution >= 0.6 is 0 Å². The van der Waals surface area contributed by atoms with Gasteiger partial charge in [-0.15, -0.1) is 0 Å². The van der Waals surface area contributed by atoms with E-state index < -0.39 is 5.97 Å². The molecule has 8 nitrogen and oxygen atoms in total. The smallest absolute Gasteiger partial charge is 0.335 e. The van der Waals surface area contributed by atoms with Gasteiger partial charge in [0.05, 0.1) is 5.56 Å². The zero-order valence-corrected chi connectivity index (χ0v) is 25.7. The normalized spacial score (nSPS) is 17.2. The van der Waals surface area contributed by atoms with Gasteiger partial charge in [-0.05, 0) is 84.4 Å². The maximum absolute atomic E-state index is 12.4. The highest BCUT2D eigenvalue weighted by Gasteiger charge is 2.55. The third kappa shape index (κ3) is 9.38. The van der Waals surface area contributed by atoms with Crippen molar-refractivity contribution in [3.05, 3.63) is 71.1 Å². The van der Waals surface area contributed by atoms with Gasteiger partial charge in [-0.25, -0.2) is 4.79 Å². The summed E-state index contributed by atoms with van der Waals surface area (Å²) in [6.07, 6.45) is 4.31. The Bertz CT molecular complexity index is 1120. The molecule has 222 valence electrons. The number of hydrogen-bond donors (Lipinski definition) is 5. The fraction of sp³-hybridized carbons (Fsp3) is 0.500. The summed E-state index contributed by atoms with van der Waals surface area (Å²) in [5.74, 6) is 4.83. The lowest BCUT2D eigenvalue weighted by Crippen LogP contribution is -2.44. The summed E-state index contributed by atoms with van der Waals surface area (Å²) in [6, 6.07) is 13.8. The summed E-state index contributed by atoms with van der Waals surface area (Å²) >= 11 is 0. The van der Waals surface area contributed by atoms with Crippen LogP contribution in [0.5, 0.6) is 0 Å². The number of carboxylic acids is 1. The lowest BCUT2D eigenvalue weighted by atomic mass is 9.88. The lowest BCUT2D eigenvalue weighted by molar-refractivity contribution is -0.129. The van der Waals surface area contributed by atoms with Gasteiger partial charge < -0.3 is 26.9 Å². The maximum Gasteiger partial charge on any atom is 0.335 e. The molecule has 1 amide bonds. The number of likely N-dealkylation sites (tertiary alicyclic amines) is 1. The van der Waals surface area contributed by atoms with Crippen molar-refractivity contribution >= 4 is 11.9 Å². The Morgan fingerprint density at radius 2 is 1.55 bits per heavy atom. The molecule has 1 aliphatic carbocycles. The van der Waals surface area contributed by atoms with Gasteiger partial charge in [0.25, 0.3) is 5.91 Å². The minimum Gasteiger partial charge on any atom is -0.478 e. The topological polar surface area (TPSA) is 148 Å². The Morgan fingerprint density at radius 3 is 1.98 bits per heavy atom. The largest absolute Gasteiger partial charge is 0.478 e. The number of piperidine rings is 1. The summed E-state index contributed by atoms with van der Waals surface area (Å²) in [5, 5.41) is 9.16. The van der Waals surface area contributed by atoms with Crippen molar-refractivity contribution in [1.29, 1.82) is 0 Å². The molecule has 0 aromatic heterocycles. The van der Waals surface area contributed by atoms with E-state index >= 15 is 0 Å². The second-order valence-electron chi connectivity index (χ2n) is 11.6. The molecule has 4 rings (SSSR count). The Kier molecular flexibility index (Phi) is 13.4. The molecular formula is C32H51N5O3. The molecular weight excluding hydrogens is 502 g/mol. The van der Waals surface area contributed by atoms with Gasteiger partial charge in [-0.3, -0.25) is 10.6 Å². The third-order valence-electron chi connectivity index (χ3n) is 6.89. The monoisotopic (exact) mass is 553 g/mol. The average Bonchev–Trinajstić information content (AvgIpc) is 3.63. The maximum atomic E-state index is 12.4. The molecule has 1 saturated heterocycles. The summed E-state index contributed by atoms with van der Waals surface area (Å²) < 4.78 is 0. The molecule has 40 heavy (non-hydrogen) atoms. The first-order chi connectivity index (χ1) is 18.9. The highest BCUT2D eigenvalue weighted by molar-refractivity contribution is 5.92. The molecule has 2 aromatic rings. The number of carbonyl (C=O) groups is 2. The Balaban J connectivity index is 0.000000789. The molecule has 1 spiro atoms. The summed E-state index contributed by atoms with van der Waals surface area (Å²) in [6.45, 7) is 16.1. The number of carboxylic acid groups (broad SMARTS) is 1. The molecule has 0 bridgehead atoms. The highest BCUT2D eigenvalue weighted by atomic mass is 16.4. The van der Waals surface area contributed by atoms with Crippen LogP contribution in [-0.4, -0.2) is 42.0 Å². The van der Waals surface area contributed by atoms with Crippen LogP contribution in [0.3, 0.4) is 0 Å². The number of aromatic carboxylic acids is 1. The molecule has 0 radical (unpaired) electrons. The number of benzene rings is 2. The Hall–Kier alpha value is -3.36. The van der Waals surface area contributed by atoms with E-state index in [1.165, 1.54) is 18.8 Å². The van der Waals surface area contributed by atoms with Crippen LogP contribution in [0, 0.1) is 17.8 Å². The first-order valence-electron chi connectivity index (χ1n) is 14.1. The molecule has 2 aromatic carbocycles. The van der Waals surface area contributed by atoms with Crippen molar-refractivity contribution in [1.82, 2.24) is 10.3 Å². The van der Waals surface area contributed by atoms with Crippen LogP contribution in [0.15, 0.2) is 54.4 Å². The number of carbonyl (C=O) groups excluding carboxylic acids is 1. The van der Waals surface area contributed by atoms with Gasteiger partial charge in [0.1, 0.15) is 5.70 Å². The van der Waals surface area contributed by atoms with E-state index in [0.29, 0.717) is 30.0 Å². The highest BCUT2D eigenvalue weighted by Crippen LogP contribution is 2.65. The number of nitrogens with zero attached hydrogens (tertiary/aromatic N) is 1. The van der Waals surface area contributed by atoms with Gasteiger partial charge in [-0.2, -0.15) is 0 Å². The van der Waals surface area contributed by atoms with Crippen LogP contribution < -0.4 is 22.7 Å². The second-order valence-corrected chi connectivity index (χ2v) is 11.6. The van der Waals surface area contributed by atoms with Gasteiger partial charge in [0, 0.05) is 19.3 Å². The standard InChI is InChI=1S/C24H28N4O3.C5H12.C2H6.CH5N/c1-15-12-18(23(30)31)6-7-19(15)16-2-4-17(5-3-16)20-13-24(20)8-10-28(11-9-24)22(29)21(14-25)27-26;1-5(2,3)4;2*1-2/h2-7,12,14,20,27H,8-11,13,25-26H2,1H3,(H,30,31);1-4H3;1-2H3;2H2,1H3/b21-14-;;;. The average molecular weight is 554 g/mol. The van der Waals surface area contributed by atoms with E-state index in [-0.39, 0.29) is 17.0 Å². The zero-order valence-electron chi connectivity index (χ0n) is 25.7. The van der Waals surface area contributed by atoms with E-state index in [9.17, 15) is 9.59 Å². The number of amides is 1. The third-order valence-corrected chi connectivity index (χ3v) is 6.89. The van der Waals surface area contributed by atoms with E-state index in [0.717, 1.165) is 36.0 Å². The number of hydrogen-bond acceptors (Lipinski definition) is 6. The molecule has 1 unspecified atom stereocenters. The summed E-state index contributed by atoms with van der Waals surface area (Å²) in [7, 11) is 1.50. The van der Waals surface area contributed by atoms with Crippen molar-refractivity contribution < 1.29 is 14.7 Å². The van der Waals surface area contributed by atoms with Crippen molar-refractivity contribution in [3.63, 3.8) is 0 Å². The van der Waals surface area contributed by atoms with Crippen molar-refractivity contribution in [3.8, 4) is 11.1 Å². The molecule has 2 aliphatic rings. The SMILES string of the molecule is CC.CC(C)(C)C.CN.Cc1cc(C(=O)O)ccc1-c1ccc(C2CC23CCN(C(=O)/C(=C/N)NN)CC3)cc1. The summed E-state index contributed by atoms with van der Waals surface area (Å²) in [4.78, 5) is 25.4. The molecule has 8 N–H and O–H groups in total. The van der Waals surface area contributed by atoms with E-state index in [1.54, 1.807) is 12.1 Å². The molecule has 1 saturated carbocycles. The zero-order chi connectivity index (χ0) is 30.7. The molecule has 1 heterocycles. The van der Waals surface area contributed by atoms with Gasteiger partial charge in [-0.1, -0.05) is 71.9 Å². The first kappa shape index (κ1) is 34.7. The van der Waals surface area contributed by atoms with Crippen LogP contribution in [-0.2, 0) is 4.79 Å². The predicted octanol–water partition coefficient (Wildman–Crippen LogP) is 5.37. The minimum absolute atomic E-state index is 0.148. The number of nitrogens with one attached hydrogen (secondary N) is 1. The molecule has 2 fully saturated rings. The lowest BCUT2D eigenvalue weighted by Gasteiger charge is -2.33.